The normalized spacial score (nSPS) is 10.9. The molecule has 0 atom stereocenters. The second kappa shape index (κ2) is 6.34. The number of hydrogen-bond donors (Lipinski definition) is 2. The Morgan fingerprint density at radius 1 is 1.04 bits per heavy atom. The molecule has 1 aromatic carbocycles. The molecule has 0 aliphatic heterocycles. The molecule has 0 saturated carbocycles. The monoisotopic (exact) mass is 334 g/mol. The molecule has 0 saturated heterocycles. The van der Waals surface area contributed by atoms with Gasteiger partial charge in [0.2, 0.25) is 0 Å². The van der Waals surface area contributed by atoms with Crippen LogP contribution in [0.25, 0.3) is 22.3 Å². The highest BCUT2D eigenvalue weighted by molar-refractivity contribution is 6.31. The number of nitrogens with zero attached hydrogens (tertiary/aromatic N) is 2. The van der Waals surface area contributed by atoms with Crippen molar-refractivity contribution >= 4 is 28.5 Å². The zero-order valence-electron chi connectivity index (χ0n) is 12.8. The Hall–Kier alpha value is -2.85. The first-order chi connectivity index (χ1) is 11.8. The average molecular weight is 335 g/mol. The van der Waals surface area contributed by atoms with E-state index in [9.17, 15) is 0 Å². The van der Waals surface area contributed by atoms with Crippen molar-refractivity contribution in [1.82, 2.24) is 15.0 Å². The number of rotatable bonds is 4. The van der Waals surface area contributed by atoms with Gasteiger partial charge in [0.15, 0.2) is 0 Å². The van der Waals surface area contributed by atoms with E-state index in [2.05, 4.69) is 27.4 Å². The number of halogens is 1. The number of fused-ring (bicyclic) bond motifs is 1. The second-order valence-electron chi connectivity index (χ2n) is 5.50. The van der Waals surface area contributed by atoms with Gasteiger partial charge in [-0.1, -0.05) is 48.0 Å². The van der Waals surface area contributed by atoms with E-state index in [1.807, 2.05) is 48.7 Å². The van der Waals surface area contributed by atoms with E-state index in [0.29, 0.717) is 5.02 Å². The SMILES string of the molecule is Clc1cnc2[nH]cc(-c3cccc(NCc4ccccc4)n3)c2c1. The van der Waals surface area contributed by atoms with Crippen molar-refractivity contribution in [2.75, 3.05) is 5.32 Å². The zero-order chi connectivity index (χ0) is 16.4. The number of nitrogens with one attached hydrogen (secondary N) is 2. The van der Waals surface area contributed by atoms with Crippen LogP contribution in [0, 0.1) is 0 Å². The predicted molar refractivity (Wildman–Crippen MR) is 98.1 cm³/mol. The van der Waals surface area contributed by atoms with Crippen LogP contribution in [-0.4, -0.2) is 15.0 Å². The number of pyridine rings is 2. The van der Waals surface area contributed by atoms with Gasteiger partial charge < -0.3 is 10.3 Å². The highest BCUT2D eigenvalue weighted by atomic mass is 35.5. The molecule has 4 rings (SSSR count). The minimum absolute atomic E-state index is 0.613. The van der Waals surface area contributed by atoms with Crippen LogP contribution in [0.15, 0.2) is 67.0 Å². The highest BCUT2D eigenvalue weighted by Gasteiger charge is 2.09. The maximum Gasteiger partial charge on any atom is 0.138 e. The fourth-order valence-corrected chi connectivity index (χ4v) is 2.82. The third-order valence-corrected chi connectivity index (χ3v) is 4.05. The molecule has 0 aliphatic rings. The Morgan fingerprint density at radius 3 is 2.79 bits per heavy atom. The standard InChI is InChI=1S/C19H15ClN4/c20-14-9-15-16(12-23-19(15)22-11-14)17-7-4-8-18(24-17)21-10-13-5-2-1-3-6-13/h1-9,11-12H,10H2,(H,21,24)(H,22,23). The summed E-state index contributed by atoms with van der Waals surface area (Å²) in [6.45, 7) is 0.735. The van der Waals surface area contributed by atoms with Crippen LogP contribution < -0.4 is 5.32 Å². The topological polar surface area (TPSA) is 53.6 Å². The van der Waals surface area contributed by atoms with Crippen LogP contribution in [-0.2, 0) is 6.54 Å². The lowest BCUT2D eigenvalue weighted by molar-refractivity contribution is 1.11. The third-order valence-electron chi connectivity index (χ3n) is 3.84. The summed E-state index contributed by atoms with van der Waals surface area (Å²) in [4.78, 5) is 12.2. The van der Waals surface area contributed by atoms with Crippen LogP contribution in [0.5, 0.6) is 0 Å². The quantitative estimate of drug-likeness (QED) is 0.558. The molecule has 0 bridgehead atoms. The lowest BCUT2D eigenvalue weighted by Crippen LogP contribution is -2.01. The van der Waals surface area contributed by atoms with E-state index in [1.54, 1.807) is 6.20 Å². The maximum absolute atomic E-state index is 6.07. The summed E-state index contributed by atoms with van der Waals surface area (Å²) in [7, 11) is 0. The van der Waals surface area contributed by atoms with Crippen molar-refractivity contribution in [1.29, 1.82) is 0 Å². The van der Waals surface area contributed by atoms with Gasteiger partial charge >= 0.3 is 0 Å². The molecule has 0 aliphatic carbocycles. The first-order valence-corrected chi connectivity index (χ1v) is 8.05. The number of H-pyrrole nitrogens is 1. The smallest absolute Gasteiger partial charge is 0.138 e. The molecular formula is C19H15ClN4. The largest absolute Gasteiger partial charge is 0.366 e. The average Bonchev–Trinajstić information content (AvgIpc) is 3.04. The summed E-state index contributed by atoms with van der Waals surface area (Å²) >= 11 is 6.07. The van der Waals surface area contributed by atoms with Crippen LogP contribution in [0.3, 0.4) is 0 Å². The Morgan fingerprint density at radius 2 is 1.92 bits per heavy atom. The van der Waals surface area contributed by atoms with E-state index >= 15 is 0 Å². The van der Waals surface area contributed by atoms with Crippen molar-refractivity contribution in [2.45, 2.75) is 6.54 Å². The van der Waals surface area contributed by atoms with Gasteiger partial charge in [-0.2, -0.15) is 0 Å². The molecule has 2 N–H and O–H groups in total. The summed E-state index contributed by atoms with van der Waals surface area (Å²) in [5, 5.41) is 4.94. The van der Waals surface area contributed by atoms with Crippen molar-refractivity contribution in [3.63, 3.8) is 0 Å². The molecule has 0 spiro atoms. The van der Waals surface area contributed by atoms with Crippen molar-refractivity contribution in [3.8, 4) is 11.3 Å². The van der Waals surface area contributed by atoms with E-state index in [1.165, 1.54) is 5.56 Å². The lowest BCUT2D eigenvalue weighted by Gasteiger charge is -2.07. The van der Waals surface area contributed by atoms with E-state index in [0.717, 1.165) is 34.7 Å². The molecule has 4 nitrogen and oxygen atoms in total. The third kappa shape index (κ3) is 2.96. The molecule has 5 heteroatoms. The number of anilines is 1. The maximum atomic E-state index is 6.07. The molecule has 118 valence electrons. The Balaban J connectivity index is 1.63. The summed E-state index contributed by atoms with van der Waals surface area (Å²) in [5.41, 5.74) is 3.89. The van der Waals surface area contributed by atoms with Gasteiger partial charge in [0.25, 0.3) is 0 Å². The molecular weight excluding hydrogens is 320 g/mol. The number of aromatic nitrogens is 3. The Labute approximate surface area is 144 Å². The van der Waals surface area contributed by atoms with Crippen LogP contribution >= 0.6 is 11.6 Å². The van der Waals surface area contributed by atoms with E-state index in [-0.39, 0.29) is 0 Å². The van der Waals surface area contributed by atoms with Crippen molar-refractivity contribution in [3.05, 3.63) is 77.6 Å². The molecule has 3 aromatic heterocycles. The van der Waals surface area contributed by atoms with Crippen molar-refractivity contribution < 1.29 is 0 Å². The van der Waals surface area contributed by atoms with Crippen LogP contribution in [0.4, 0.5) is 5.82 Å². The van der Waals surface area contributed by atoms with Gasteiger partial charge in [-0.25, -0.2) is 9.97 Å². The first-order valence-electron chi connectivity index (χ1n) is 7.67. The van der Waals surface area contributed by atoms with Gasteiger partial charge in [0.05, 0.1) is 10.7 Å². The number of hydrogen-bond acceptors (Lipinski definition) is 3. The molecule has 4 aromatic rings. The van der Waals surface area contributed by atoms with Gasteiger partial charge in [-0.15, -0.1) is 0 Å². The summed E-state index contributed by atoms with van der Waals surface area (Å²) in [6.07, 6.45) is 3.55. The fourth-order valence-electron chi connectivity index (χ4n) is 2.66. The number of benzene rings is 1. The minimum Gasteiger partial charge on any atom is -0.366 e. The Bertz CT molecular complexity index is 979. The molecule has 0 unspecified atom stereocenters. The van der Waals surface area contributed by atoms with Crippen LogP contribution in [0.1, 0.15) is 5.56 Å². The first kappa shape index (κ1) is 14.7. The summed E-state index contributed by atoms with van der Waals surface area (Å²) in [5.74, 6) is 0.834. The Kier molecular flexibility index (Phi) is 3.89. The zero-order valence-corrected chi connectivity index (χ0v) is 13.6. The number of aromatic amines is 1. The predicted octanol–water partition coefficient (Wildman–Crippen LogP) is 4.89. The van der Waals surface area contributed by atoms with Gasteiger partial charge in [-0.3, -0.25) is 0 Å². The molecule has 0 amide bonds. The fraction of sp³-hybridized carbons (Fsp3) is 0.0526. The highest BCUT2D eigenvalue weighted by Crippen LogP contribution is 2.28. The summed E-state index contributed by atoms with van der Waals surface area (Å²) in [6, 6.07) is 18.1. The van der Waals surface area contributed by atoms with E-state index in [4.69, 9.17) is 16.6 Å². The van der Waals surface area contributed by atoms with E-state index < -0.39 is 0 Å². The minimum atomic E-state index is 0.613. The molecule has 0 radical (unpaired) electrons. The van der Waals surface area contributed by atoms with Crippen LogP contribution in [0.2, 0.25) is 5.02 Å². The molecule has 3 heterocycles. The summed E-state index contributed by atoms with van der Waals surface area (Å²) < 4.78 is 0. The molecule has 24 heavy (non-hydrogen) atoms. The van der Waals surface area contributed by atoms with Gasteiger partial charge in [0.1, 0.15) is 11.5 Å². The van der Waals surface area contributed by atoms with Gasteiger partial charge in [0, 0.05) is 29.9 Å². The van der Waals surface area contributed by atoms with Crippen molar-refractivity contribution in [2.24, 2.45) is 0 Å². The molecule has 0 fully saturated rings. The lowest BCUT2D eigenvalue weighted by atomic mass is 10.1. The van der Waals surface area contributed by atoms with Gasteiger partial charge in [-0.05, 0) is 23.8 Å². The second-order valence-corrected chi connectivity index (χ2v) is 5.94.